The number of carboxylic acid groups (broad SMARTS) is 1. The molecule has 1 saturated heterocycles. The van der Waals surface area contributed by atoms with Crippen molar-refractivity contribution in [2.24, 2.45) is 5.92 Å². The van der Waals surface area contributed by atoms with Crippen LogP contribution in [-0.2, 0) is 14.4 Å². The van der Waals surface area contributed by atoms with Crippen molar-refractivity contribution in [1.29, 1.82) is 0 Å². The number of unbranched alkanes of at least 4 members (excludes halogenated alkanes) is 2. The maximum Gasteiger partial charge on any atom is 0.308 e. The summed E-state index contributed by atoms with van der Waals surface area (Å²) in [5, 5.41) is 10.5. The summed E-state index contributed by atoms with van der Waals surface area (Å²) in [6.45, 7) is 10.6. The first-order valence-corrected chi connectivity index (χ1v) is 14.2. The number of rotatable bonds is 15. The van der Waals surface area contributed by atoms with Crippen molar-refractivity contribution in [1.82, 2.24) is 14.7 Å². The second kappa shape index (κ2) is 14.4. The molecule has 0 aromatic heterocycles. The van der Waals surface area contributed by atoms with Crippen molar-refractivity contribution in [2.45, 2.75) is 71.8 Å². The molecule has 39 heavy (non-hydrogen) atoms. The Hall–Kier alpha value is -3.01. The topological polar surface area (TPSA) is 109 Å². The smallest absolute Gasteiger partial charge is 0.308 e. The molecule has 0 aliphatic carbocycles. The van der Waals surface area contributed by atoms with Gasteiger partial charge in [-0.2, -0.15) is 0 Å². The minimum absolute atomic E-state index is 0.0221. The normalized spacial score (nSPS) is 20.2. The highest BCUT2D eigenvalue weighted by molar-refractivity contribution is 5.79. The Balaban J connectivity index is 1.94. The van der Waals surface area contributed by atoms with E-state index < -0.39 is 23.8 Å². The van der Waals surface area contributed by atoms with Gasteiger partial charge in [-0.1, -0.05) is 26.7 Å². The second-order valence-corrected chi connectivity index (χ2v) is 10.4. The number of nitrogens with zero attached hydrogens (tertiary/aromatic N) is 3. The summed E-state index contributed by atoms with van der Waals surface area (Å²) < 4.78 is 16.7. The summed E-state index contributed by atoms with van der Waals surface area (Å²) in [5.41, 5.74) is 0.774. The van der Waals surface area contributed by atoms with Crippen LogP contribution >= 0.6 is 0 Å². The number of amides is 2. The van der Waals surface area contributed by atoms with Gasteiger partial charge in [0.05, 0.1) is 19.6 Å². The number of benzene rings is 1. The average molecular weight is 548 g/mol. The van der Waals surface area contributed by atoms with Gasteiger partial charge < -0.3 is 29.1 Å². The SMILES string of the molecule is CCCCN(CCCC)C(=O)CN1C[C@H](c2cc(OC)c3c(c2)OCO3)[C@@H](C(=O)O)[C@@H]1CCN(CC)C(C)=O. The predicted molar refractivity (Wildman–Crippen MR) is 147 cm³/mol. The van der Waals surface area contributed by atoms with Crippen molar-refractivity contribution in [3.8, 4) is 17.2 Å². The van der Waals surface area contributed by atoms with Crippen LogP contribution in [0.15, 0.2) is 12.1 Å². The third-order valence-corrected chi connectivity index (χ3v) is 7.92. The van der Waals surface area contributed by atoms with Crippen molar-refractivity contribution in [3.63, 3.8) is 0 Å². The van der Waals surface area contributed by atoms with Gasteiger partial charge in [0.15, 0.2) is 11.5 Å². The van der Waals surface area contributed by atoms with Crippen LogP contribution in [-0.4, -0.2) is 96.8 Å². The largest absolute Gasteiger partial charge is 0.493 e. The van der Waals surface area contributed by atoms with Crippen molar-refractivity contribution in [2.75, 3.05) is 53.2 Å². The molecule has 0 radical (unpaired) electrons. The van der Waals surface area contributed by atoms with E-state index in [2.05, 4.69) is 13.8 Å². The van der Waals surface area contributed by atoms with Crippen LogP contribution in [0.25, 0.3) is 0 Å². The molecule has 1 fully saturated rings. The summed E-state index contributed by atoms with van der Waals surface area (Å²) in [6.07, 6.45) is 4.31. The fraction of sp³-hybridized carbons (Fsp3) is 0.690. The van der Waals surface area contributed by atoms with Crippen molar-refractivity contribution < 1.29 is 33.7 Å². The number of hydrogen-bond acceptors (Lipinski definition) is 7. The summed E-state index contributed by atoms with van der Waals surface area (Å²) in [7, 11) is 1.54. The highest BCUT2D eigenvalue weighted by Crippen LogP contribution is 2.47. The summed E-state index contributed by atoms with van der Waals surface area (Å²) in [6, 6.07) is 3.23. The molecular formula is C29H45N3O7. The number of likely N-dealkylation sites (tertiary alicyclic amines) is 1. The molecule has 2 heterocycles. The van der Waals surface area contributed by atoms with Crippen LogP contribution < -0.4 is 14.2 Å². The molecule has 0 saturated carbocycles. The zero-order valence-corrected chi connectivity index (χ0v) is 24.1. The van der Waals surface area contributed by atoms with Gasteiger partial charge >= 0.3 is 5.97 Å². The fourth-order valence-corrected chi connectivity index (χ4v) is 5.71. The van der Waals surface area contributed by atoms with E-state index in [0.717, 1.165) is 31.2 Å². The van der Waals surface area contributed by atoms with Gasteiger partial charge in [0.1, 0.15) is 0 Å². The number of fused-ring (bicyclic) bond motifs is 1. The van der Waals surface area contributed by atoms with Gasteiger partial charge in [-0.25, -0.2) is 0 Å². The Kier molecular flexibility index (Phi) is 11.3. The quantitative estimate of drug-likeness (QED) is 0.355. The Morgan fingerprint density at radius 3 is 2.31 bits per heavy atom. The highest BCUT2D eigenvalue weighted by Gasteiger charge is 2.47. The molecule has 2 amide bonds. The van der Waals surface area contributed by atoms with Gasteiger partial charge in [0.2, 0.25) is 24.4 Å². The lowest BCUT2D eigenvalue weighted by atomic mass is 9.84. The molecule has 1 aromatic carbocycles. The monoisotopic (exact) mass is 547 g/mol. The number of hydrogen-bond donors (Lipinski definition) is 1. The zero-order chi connectivity index (χ0) is 28.5. The molecule has 0 bridgehead atoms. The van der Waals surface area contributed by atoms with Crippen LogP contribution in [0.5, 0.6) is 17.2 Å². The minimum atomic E-state index is -0.920. The van der Waals surface area contributed by atoms with Gasteiger partial charge in [-0.15, -0.1) is 0 Å². The lowest BCUT2D eigenvalue weighted by molar-refractivity contribution is -0.144. The Bertz CT molecular complexity index is 993. The van der Waals surface area contributed by atoms with E-state index in [9.17, 15) is 19.5 Å². The maximum absolute atomic E-state index is 13.5. The first-order valence-electron chi connectivity index (χ1n) is 14.2. The van der Waals surface area contributed by atoms with Crippen LogP contribution in [0.3, 0.4) is 0 Å². The van der Waals surface area contributed by atoms with Crippen LogP contribution in [0, 0.1) is 5.92 Å². The molecule has 10 heteroatoms. The van der Waals surface area contributed by atoms with Crippen molar-refractivity contribution >= 4 is 17.8 Å². The van der Waals surface area contributed by atoms with Gasteiger partial charge in [0.25, 0.3) is 0 Å². The Morgan fingerprint density at radius 2 is 1.74 bits per heavy atom. The summed E-state index contributed by atoms with van der Waals surface area (Å²) in [4.78, 5) is 44.1. The number of ether oxygens (including phenoxy) is 3. The number of methoxy groups -OCH3 is 1. The Labute approximate surface area is 232 Å². The van der Waals surface area contributed by atoms with Crippen molar-refractivity contribution in [3.05, 3.63) is 17.7 Å². The van der Waals surface area contributed by atoms with E-state index in [0.29, 0.717) is 56.4 Å². The number of aliphatic carboxylic acids is 1. The molecule has 3 rings (SSSR count). The third kappa shape index (κ3) is 7.35. The van der Waals surface area contributed by atoms with E-state index in [4.69, 9.17) is 14.2 Å². The first kappa shape index (κ1) is 30.5. The molecule has 3 atom stereocenters. The molecule has 2 aliphatic rings. The van der Waals surface area contributed by atoms with E-state index in [-0.39, 0.29) is 25.2 Å². The minimum Gasteiger partial charge on any atom is -0.493 e. The highest BCUT2D eigenvalue weighted by atomic mass is 16.7. The van der Waals surface area contributed by atoms with Crippen LogP contribution in [0.1, 0.15) is 71.3 Å². The van der Waals surface area contributed by atoms with E-state index in [1.165, 1.54) is 6.92 Å². The third-order valence-electron chi connectivity index (χ3n) is 7.92. The molecular weight excluding hydrogens is 502 g/mol. The second-order valence-electron chi connectivity index (χ2n) is 10.4. The predicted octanol–water partition coefficient (Wildman–Crippen LogP) is 3.58. The Morgan fingerprint density at radius 1 is 1.05 bits per heavy atom. The molecule has 10 nitrogen and oxygen atoms in total. The lowest BCUT2D eigenvalue weighted by Gasteiger charge is -2.31. The van der Waals surface area contributed by atoms with Crippen LogP contribution in [0.4, 0.5) is 0 Å². The van der Waals surface area contributed by atoms with E-state index in [1.807, 2.05) is 28.9 Å². The summed E-state index contributed by atoms with van der Waals surface area (Å²) >= 11 is 0. The first-order chi connectivity index (χ1) is 18.7. The number of carboxylic acids is 1. The molecule has 2 aliphatic heterocycles. The van der Waals surface area contributed by atoms with Gasteiger partial charge in [-0.3, -0.25) is 19.3 Å². The van der Waals surface area contributed by atoms with E-state index >= 15 is 0 Å². The van der Waals surface area contributed by atoms with Crippen LogP contribution in [0.2, 0.25) is 0 Å². The standard InChI is InChI=1S/C29H45N3O7/c1-6-9-12-31(13-10-7-2)26(34)18-32-17-22(21-15-24(37-5)28-25(16-21)38-19-39-28)27(29(35)36)23(32)11-14-30(8-3)20(4)33/h15-16,22-23,27H,6-14,17-19H2,1-5H3,(H,35,36)/t22-,23+,27-/m1/s1. The molecule has 0 unspecified atom stereocenters. The number of carbonyl (C=O) groups is 3. The zero-order valence-electron chi connectivity index (χ0n) is 24.1. The van der Waals surface area contributed by atoms with E-state index in [1.54, 1.807) is 12.0 Å². The average Bonchev–Trinajstić information content (AvgIpc) is 3.53. The molecule has 1 N–H and O–H groups in total. The molecule has 218 valence electrons. The van der Waals surface area contributed by atoms with Gasteiger partial charge in [-0.05, 0) is 43.9 Å². The fourth-order valence-electron chi connectivity index (χ4n) is 5.71. The maximum atomic E-state index is 13.5. The molecule has 1 aromatic rings. The lowest BCUT2D eigenvalue weighted by Crippen LogP contribution is -2.46. The summed E-state index contributed by atoms with van der Waals surface area (Å²) in [5.74, 6) is -0.577. The molecule has 0 spiro atoms. The van der Waals surface area contributed by atoms with Gasteiger partial charge in [0, 0.05) is 51.6 Å². The number of carbonyl (C=O) groups excluding carboxylic acids is 2.